The molecule has 0 aliphatic rings. The number of nitrogens with one attached hydrogen (secondary N) is 2. The average Bonchev–Trinajstić information content (AvgIpc) is 3.09. The number of aryl methyl sites for hydroxylation is 1. The van der Waals surface area contributed by atoms with Crippen molar-refractivity contribution in [1.29, 1.82) is 0 Å². The molecule has 0 saturated heterocycles. The Labute approximate surface area is 173 Å². The van der Waals surface area contributed by atoms with Crippen molar-refractivity contribution in [3.63, 3.8) is 0 Å². The Kier molecular flexibility index (Phi) is 5.83. The Morgan fingerprint density at radius 1 is 1.31 bits per heavy atom. The molecular formula is C19H21ClN4O4S. The first kappa shape index (κ1) is 21.1. The molecule has 0 unspecified atom stereocenters. The van der Waals surface area contributed by atoms with E-state index >= 15 is 0 Å². The van der Waals surface area contributed by atoms with Crippen LogP contribution >= 0.6 is 11.6 Å². The van der Waals surface area contributed by atoms with E-state index in [4.69, 9.17) is 16.3 Å². The lowest BCUT2D eigenvalue weighted by Crippen LogP contribution is -2.35. The molecule has 0 bridgehead atoms. The van der Waals surface area contributed by atoms with Crippen molar-refractivity contribution in [3.05, 3.63) is 46.6 Å². The molecule has 0 aliphatic carbocycles. The van der Waals surface area contributed by atoms with Crippen LogP contribution in [0, 0.1) is 13.8 Å². The first-order chi connectivity index (χ1) is 13.6. The molecule has 0 aliphatic heterocycles. The fraction of sp³-hybridized carbons (Fsp3) is 0.263. The lowest BCUT2D eigenvalue weighted by atomic mass is 10.1. The molecule has 2 N–H and O–H groups in total. The predicted octanol–water partition coefficient (Wildman–Crippen LogP) is 3.10. The van der Waals surface area contributed by atoms with Crippen LogP contribution in [0.4, 0.5) is 5.69 Å². The van der Waals surface area contributed by atoms with Gasteiger partial charge in [-0.3, -0.25) is 9.89 Å². The van der Waals surface area contributed by atoms with Crippen molar-refractivity contribution in [2.45, 2.75) is 18.7 Å². The van der Waals surface area contributed by atoms with Crippen LogP contribution in [0.25, 0.3) is 10.9 Å². The molecule has 0 fully saturated rings. The summed E-state index contributed by atoms with van der Waals surface area (Å²) in [5, 5.41) is 10.4. The van der Waals surface area contributed by atoms with Gasteiger partial charge < -0.3 is 10.1 Å². The fourth-order valence-electron chi connectivity index (χ4n) is 3.01. The largest absolute Gasteiger partial charge is 0.495 e. The topological polar surface area (TPSA) is 104 Å². The van der Waals surface area contributed by atoms with Gasteiger partial charge in [-0.05, 0) is 49.2 Å². The number of likely N-dealkylation sites (N-methyl/N-ethyl adjacent to an activating group) is 1. The smallest absolute Gasteiger partial charge is 0.245 e. The van der Waals surface area contributed by atoms with Crippen molar-refractivity contribution in [2.75, 3.05) is 26.0 Å². The van der Waals surface area contributed by atoms with Gasteiger partial charge in [-0.15, -0.1) is 0 Å². The third kappa shape index (κ3) is 4.07. The van der Waals surface area contributed by atoms with Gasteiger partial charge in [-0.25, -0.2) is 8.42 Å². The second-order valence-electron chi connectivity index (χ2n) is 6.64. The van der Waals surface area contributed by atoms with Gasteiger partial charge in [0.1, 0.15) is 10.6 Å². The SMILES string of the molecule is COc1ccc(NC(=O)CN(C)S(=O)(=O)c2c(C)c(C)cc3cn[nH]c23)cc1Cl. The van der Waals surface area contributed by atoms with Crippen molar-refractivity contribution in [1.82, 2.24) is 14.5 Å². The number of rotatable bonds is 6. The molecule has 8 nitrogen and oxygen atoms in total. The van der Waals surface area contributed by atoms with E-state index in [1.165, 1.54) is 20.2 Å². The summed E-state index contributed by atoms with van der Waals surface area (Å²) in [5.74, 6) is -0.0219. The number of fused-ring (bicyclic) bond motifs is 1. The number of sulfonamides is 1. The molecule has 29 heavy (non-hydrogen) atoms. The molecule has 1 aromatic heterocycles. The molecule has 1 heterocycles. The monoisotopic (exact) mass is 436 g/mol. The molecule has 1 amide bonds. The van der Waals surface area contributed by atoms with Crippen LogP contribution in [-0.2, 0) is 14.8 Å². The van der Waals surface area contributed by atoms with Crippen LogP contribution in [0.5, 0.6) is 5.75 Å². The number of aromatic nitrogens is 2. The molecule has 0 spiro atoms. The van der Waals surface area contributed by atoms with Crippen molar-refractivity contribution >= 4 is 44.1 Å². The number of carbonyl (C=O) groups excluding carboxylic acids is 1. The Balaban J connectivity index is 1.84. The van der Waals surface area contributed by atoms with E-state index in [-0.39, 0.29) is 11.4 Å². The molecule has 10 heteroatoms. The number of hydrogen-bond donors (Lipinski definition) is 2. The van der Waals surface area contributed by atoms with Crippen LogP contribution < -0.4 is 10.1 Å². The zero-order chi connectivity index (χ0) is 21.3. The van der Waals surface area contributed by atoms with Crippen LogP contribution in [0.15, 0.2) is 35.4 Å². The second-order valence-corrected chi connectivity index (χ2v) is 9.03. The molecule has 0 atom stereocenters. The maximum Gasteiger partial charge on any atom is 0.245 e. The number of aromatic amines is 1. The maximum absolute atomic E-state index is 13.2. The van der Waals surface area contributed by atoms with E-state index < -0.39 is 15.9 Å². The third-order valence-electron chi connectivity index (χ3n) is 4.67. The predicted molar refractivity (Wildman–Crippen MR) is 112 cm³/mol. The number of carbonyl (C=O) groups is 1. The number of H-pyrrole nitrogens is 1. The van der Waals surface area contributed by atoms with E-state index in [9.17, 15) is 13.2 Å². The molecule has 0 saturated carbocycles. The summed E-state index contributed by atoms with van der Waals surface area (Å²) in [6.45, 7) is 3.20. The lowest BCUT2D eigenvalue weighted by molar-refractivity contribution is -0.116. The van der Waals surface area contributed by atoms with Gasteiger partial charge >= 0.3 is 0 Å². The lowest BCUT2D eigenvalue weighted by Gasteiger charge is -2.19. The molecule has 0 radical (unpaired) electrons. The van der Waals surface area contributed by atoms with Crippen LogP contribution in [0.2, 0.25) is 5.02 Å². The molecule has 3 aromatic rings. The van der Waals surface area contributed by atoms with E-state index in [1.54, 1.807) is 25.3 Å². The number of ether oxygens (including phenoxy) is 1. The van der Waals surface area contributed by atoms with Gasteiger partial charge in [-0.2, -0.15) is 9.40 Å². The zero-order valence-electron chi connectivity index (χ0n) is 16.4. The highest BCUT2D eigenvalue weighted by atomic mass is 35.5. The number of hydrogen-bond acceptors (Lipinski definition) is 5. The Hall–Kier alpha value is -2.62. The number of amides is 1. The van der Waals surface area contributed by atoms with Crippen molar-refractivity contribution in [3.8, 4) is 5.75 Å². The van der Waals surface area contributed by atoms with E-state index in [0.717, 1.165) is 9.87 Å². The van der Waals surface area contributed by atoms with Gasteiger partial charge in [0.25, 0.3) is 0 Å². The first-order valence-corrected chi connectivity index (χ1v) is 10.5. The number of benzene rings is 2. The van der Waals surface area contributed by atoms with Gasteiger partial charge in [-0.1, -0.05) is 11.6 Å². The summed E-state index contributed by atoms with van der Waals surface area (Å²) < 4.78 is 32.5. The molecule has 2 aromatic carbocycles. The van der Waals surface area contributed by atoms with Gasteiger partial charge in [0, 0.05) is 18.1 Å². The quantitative estimate of drug-likeness (QED) is 0.617. The summed E-state index contributed by atoms with van der Waals surface area (Å²) in [5.41, 5.74) is 2.29. The van der Waals surface area contributed by atoms with Crippen molar-refractivity contribution in [2.24, 2.45) is 0 Å². The first-order valence-electron chi connectivity index (χ1n) is 8.68. The second kappa shape index (κ2) is 8.02. The Morgan fingerprint density at radius 2 is 2.03 bits per heavy atom. The fourth-order valence-corrected chi connectivity index (χ4v) is 4.83. The number of halogens is 1. The Morgan fingerprint density at radius 3 is 2.69 bits per heavy atom. The maximum atomic E-state index is 13.2. The number of methoxy groups -OCH3 is 1. The summed E-state index contributed by atoms with van der Waals surface area (Å²) in [6.07, 6.45) is 1.57. The minimum atomic E-state index is -3.94. The van der Waals surface area contributed by atoms with Crippen LogP contribution in [0.3, 0.4) is 0 Å². The van der Waals surface area contributed by atoms with Crippen LogP contribution in [-0.4, -0.2) is 49.5 Å². The average molecular weight is 437 g/mol. The third-order valence-corrected chi connectivity index (χ3v) is 6.94. The highest BCUT2D eigenvalue weighted by Crippen LogP contribution is 2.30. The van der Waals surface area contributed by atoms with Crippen LogP contribution in [0.1, 0.15) is 11.1 Å². The van der Waals surface area contributed by atoms with Crippen molar-refractivity contribution < 1.29 is 17.9 Å². The number of anilines is 1. The summed E-state index contributed by atoms with van der Waals surface area (Å²) in [4.78, 5) is 12.5. The minimum Gasteiger partial charge on any atom is -0.495 e. The highest BCUT2D eigenvalue weighted by molar-refractivity contribution is 7.89. The summed E-state index contributed by atoms with van der Waals surface area (Å²) in [6, 6.07) is 6.64. The standard InChI is InChI=1S/C19H21ClN4O4S/c1-11-7-13-9-21-23-18(13)19(12(11)2)29(26,27)24(3)10-17(25)22-14-5-6-16(28-4)15(20)8-14/h5-9H,10H2,1-4H3,(H,21,23)(H,22,25). The van der Waals surface area contributed by atoms with E-state index in [1.807, 2.05) is 13.0 Å². The van der Waals surface area contributed by atoms with Gasteiger partial charge in [0.15, 0.2) is 0 Å². The van der Waals surface area contributed by atoms with E-state index in [0.29, 0.717) is 32.9 Å². The summed E-state index contributed by atoms with van der Waals surface area (Å²) in [7, 11) is -1.09. The minimum absolute atomic E-state index is 0.118. The van der Waals surface area contributed by atoms with Gasteiger partial charge in [0.2, 0.25) is 15.9 Å². The zero-order valence-corrected chi connectivity index (χ0v) is 18.0. The number of nitrogens with zero attached hydrogens (tertiary/aromatic N) is 2. The Bertz CT molecular complexity index is 1190. The van der Waals surface area contributed by atoms with E-state index in [2.05, 4.69) is 15.5 Å². The highest BCUT2D eigenvalue weighted by Gasteiger charge is 2.28. The van der Waals surface area contributed by atoms with Gasteiger partial charge in [0.05, 0.1) is 30.4 Å². The molecule has 154 valence electrons. The molecular weight excluding hydrogens is 416 g/mol. The molecule has 3 rings (SSSR count). The normalized spacial score (nSPS) is 11.8. The summed E-state index contributed by atoms with van der Waals surface area (Å²) >= 11 is 6.06.